The fourth-order valence-corrected chi connectivity index (χ4v) is 2.98. The molecule has 0 spiro atoms. The Bertz CT molecular complexity index is 762. The summed E-state index contributed by atoms with van der Waals surface area (Å²) in [4.78, 5) is 4.81. The van der Waals surface area contributed by atoms with Crippen molar-refractivity contribution in [1.29, 1.82) is 0 Å². The minimum Gasteiger partial charge on any atom is -0.396 e. The number of hydrogen-bond acceptors (Lipinski definition) is 2. The van der Waals surface area contributed by atoms with Crippen molar-refractivity contribution < 1.29 is 5.11 Å². The molecule has 0 aliphatic carbocycles. The van der Waals surface area contributed by atoms with Gasteiger partial charge in [-0.05, 0) is 43.5 Å². The molecule has 114 valence electrons. The normalized spacial score (nSPS) is 12.7. The van der Waals surface area contributed by atoms with Gasteiger partial charge in [0.25, 0.3) is 0 Å². The molecule has 22 heavy (non-hydrogen) atoms. The van der Waals surface area contributed by atoms with Crippen molar-refractivity contribution in [2.75, 3.05) is 6.61 Å². The van der Waals surface area contributed by atoms with Gasteiger partial charge in [-0.2, -0.15) is 0 Å². The number of aryl methyl sites for hydroxylation is 2. The van der Waals surface area contributed by atoms with Gasteiger partial charge in [0.2, 0.25) is 0 Å². The number of imidazole rings is 1. The summed E-state index contributed by atoms with van der Waals surface area (Å²) in [5, 5.41) is 9.16. The first-order chi connectivity index (χ1) is 10.7. The number of aliphatic hydroxyl groups excluding tert-OH is 1. The second kappa shape index (κ2) is 6.32. The van der Waals surface area contributed by atoms with Crippen LogP contribution in [0.3, 0.4) is 0 Å². The minimum atomic E-state index is 0.196. The second-order valence-electron chi connectivity index (χ2n) is 5.80. The molecule has 0 saturated heterocycles. The number of nitrogens with zero attached hydrogens (tertiary/aromatic N) is 2. The predicted molar refractivity (Wildman–Crippen MR) is 90.1 cm³/mol. The van der Waals surface area contributed by atoms with Gasteiger partial charge in [0.15, 0.2) is 0 Å². The summed E-state index contributed by atoms with van der Waals surface area (Å²) in [6.07, 6.45) is 1.53. The minimum absolute atomic E-state index is 0.196. The average molecular weight is 294 g/mol. The van der Waals surface area contributed by atoms with Gasteiger partial charge in [0, 0.05) is 13.0 Å². The SMILES string of the molecule is Cc1ccc2c(c1)nc(CCCO)n2C(C)c1ccccc1. The van der Waals surface area contributed by atoms with Crippen molar-refractivity contribution in [3.8, 4) is 0 Å². The van der Waals surface area contributed by atoms with Gasteiger partial charge < -0.3 is 9.67 Å². The summed E-state index contributed by atoms with van der Waals surface area (Å²) in [7, 11) is 0. The van der Waals surface area contributed by atoms with Crippen LogP contribution in [0.15, 0.2) is 48.5 Å². The second-order valence-corrected chi connectivity index (χ2v) is 5.80. The van der Waals surface area contributed by atoms with Gasteiger partial charge in [-0.3, -0.25) is 0 Å². The molecule has 3 nitrogen and oxygen atoms in total. The maximum Gasteiger partial charge on any atom is 0.110 e. The van der Waals surface area contributed by atoms with Crippen LogP contribution in [0.5, 0.6) is 0 Å². The third-order valence-electron chi connectivity index (χ3n) is 4.15. The number of aromatic nitrogens is 2. The van der Waals surface area contributed by atoms with Gasteiger partial charge in [-0.25, -0.2) is 4.98 Å². The fraction of sp³-hybridized carbons (Fsp3) is 0.316. The Hall–Kier alpha value is -2.13. The van der Waals surface area contributed by atoms with Crippen molar-refractivity contribution in [3.63, 3.8) is 0 Å². The first-order valence-electron chi connectivity index (χ1n) is 7.84. The van der Waals surface area contributed by atoms with Gasteiger partial charge >= 0.3 is 0 Å². The lowest BCUT2D eigenvalue weighted by Crippen LogP contribution is -2.11. The van der Waals surface area contributed by atoms with Crippen LogP contribution in [-0.4, -0.2) is 21.3 Å². The van der Waals surface area contributed by atoms with Crippen LogP contribution in [0, 0.1) is 6.92 Å². The maximum absolute atomic E-state index is 9.16. The summed E-state index contributed by atoms with van der Waals surface area (Å²) in [5.41, 5.74) is 4.69. The van der Waals surface area contributed by atoms with E-state index in [1.54, 1.807) is 0 Å². The van der Waals surface area contributed by atoms with E-state index in [1.807, 2.05) is 6.07 Å². The largest absolute Gasteiger partial charge is 0.396 e. The zero-order chi connectivity index (χ0) is 15.5. The molecule has 3 heteroatoms. The molecule has 1 atom stereocenters. The van der Waals surface area contributed by atoms with E-state index in [-0.39, 0.29) is 12.6 Å². The summed E-state index contributed by atoms with van der Waals surface area (Å²) >= 11 is 0. The van der Waals surface area contributed by atoms with Gasteiger partial charge in [-0.15, -0.1) is 0 Å². The number of hydrogen-bond donors (Lipinski definition) is 1. The van der Waals surface area contributed by atoms with E-state index in [4.69, 9.17) is 10.1 Å². The molecule has 3 aromatic rings. The van der Waals surface area contributed by atoms with Crippen LogP contribution in [-0.2, 0) is 6.42 Å². The van der Waals surface area contributed by atoms with Crippen LogP contribution in [0.25, 0.3) is 11.0 Å². The number of fused-ring (bicyclic) bond motifs is 1. The van der Waals surface area contributed by atoms with Crippen molar-refractivity contribution in [1.82, 2.24) is 9.55 Å². The molecule has 0 amide bonds. The molecule has 0 radical (unpaired) electrons. The van der Waals surface area contributed by atoms with E-state index in [0.29, 0.717) is 0 Å². The first kappa shape index (κ1) is 14.8. The van der Waals surface area contributed by atoms with E-state index in [2.05, 4.69) is 60.9 Å². The van der Waals surface area contributed by atoms with E-state index in [1.165, 1.54) is 11.1 Å². The number of aliphatic hydroxyl groups is 1. The molecule has 3 rings (SSSR count). The molecule has 0 saturated carbocycles. The monoisotopic (exact) mass is 294 g/mol. The topological polar surface area (TPSA) is 38.1 Å². The molecule has 0 aliphatic heterocycles. The summed E-state index contributed by atoms with van der Waals surface area (Å²) < 4.78 is 2.31. The lowest BCUT2D eigenvalue weighted by molar-refractivity contribution is 0.286. The highest BCUT2D eigenvalue weighted by Gasteiger charge is 2.16. The lowest BCUT2D eigenvalue weighted by atomic mass is 10.1. The number of benzene rings is 2. The average Bonchev–Trinajstić information content (AvgIpc) is 2.90. The third kappa shape index (κ3) is 2.77. The molecule has 0 bridgehead atoms. The molecule has 1 heterocycles. The van der Waals surface area contributed by atoms with E-state index in [0.717, 1.165) is 29.7 Å². The van der Waals surface area contributed by atoms with Crippen LogP contribution in [0.1, 0.15) is 36.3 Å². The molecular weight excluding hydrogens is 272 g/mol. The fourth-order valence-electron chi connectivity index (χ4n) is 2.98. The van der Waals surface area contributed by atoms with E-state index < -0.39 is 0 Å². The smallest absolute Gasteiger partial charge is 0.110 e. The van der Waals surface area contributed by atoms with Crippen LogP contribution in [0.2, 0.25) is 0 Å². The highest BCUT2D eigenvalue weighted by atomic mass is 16.2. The van der Waals surface area contributed by atoms with Crippen LogP contribution >= 0.6 is 0 Å². The zero-order valence-corrected chi connectivity index (χ0v) is 13.2. The lowest BCUT2D eigenvalue weighted by Gasteiger charge is -2.18. The van der Waals surface area contributed by atoms with Crippen molar-refractivity contribution in [2.24, 2.45) is 0 Å². The number of rotatable bonds is 5. The Morgan fingerprint density at radius 3 is 2.64 bits per heavy atom. The Morgan fingerprint density at radius 1 is 1.14 bits per heavy atom. The van der Waals surface area contributed by atoms with Gasteiger partial charge in [0.1, 0.15) is 5.82 Å². The Kier molecular flexibility index (Phi) is 4.25. The van der Waals surface area contributed by atoms with Crippen LogP contribution < -0.4 is 0 Å². The summed E-state index contributed by atoms with van der Waals surface area (Å²) in [5.74, 6) is 1.05. The van der Waals surface area contributed by atoms with Gasteiger partial charge in [-0.1, -0.05) is 36.4 Å². The molecule has 2 aromatic carbocycles. The quantitative estimate of drug-likeness (QED) is 0.775. The summed E-state index contributed by atoms with van der Waals surface area (Å²) in [6, 6.07) is 17.1. The highest BCUT2D eigenvalue weighted by Crippen LogP contribution is 2.27. The molecule has 1 N–H and O–H groups in total. The third-order valence-corrected chi connectivity index (χ3v) is 4.15. The Morgan fingerprint density at radius 2 is 1.91 bits per heavy atom. The maximum atomic E-state index is 9.16. The molecule has 1 unspecified atom stereocenters. The van der Waals surface area contributed by atoms with Crippen molar-refractivity contribution >= 4 is 11.0 Å². The van der Waals surface area contributed by atoms with E-state index >= 15 is 0 Å². The standard InChI is InChI=1S/C19H22N2O/c1-14-10-11-18-17(13-14)20-19(9-6-12-22)21(18)15(2)16-7-4-3-5-8-16/h3-5,7-8,10-11,13,15,22H,6,9,12H2,1-2H3. The zero-order valence-electron chi connectivity index (χ0n) is 13.2. The first-order valence-corrected chi connectivity index (χ1v) is 7.84. The predicted octanol–water partition coefficient (Wildman–Crippen LogP) is 3.88. The van der Waals surface area contributed by atoms with E-state index in [9.17, 15) is 0 Å². The Balaban J connectivity index is 2.12. The highest BCUT2D eigenvalue weighted by molar-refractivity contribution is 5.77. The molecular formula is C19H22N2O. The molecule has 0 aliphatic rings. The summed E-state index contributed by atoms with van der Waals surface area (Å²) in [6.45, 7) is 4.49. The van der Waals surface area contributed by atoms with Crippen LogP contribution in [0.4, 0.5) is 0 Å². The van der Waals surface area contributed by atoms with Crippen molar-refractivity contribution in [2.45, 2.75) is 32.7 Å². The Labute approximate surface area is 131 Å². The molecule has 0 fully saturated rings. The van der Waals surface area contributed by atoms with Crippen molar-refractivity contribution in [3.05, 3.63) is 65.5 Å². The van der Waals surface area contributed by atoms with Gasteiger partial charge in [0.05, 0.1) is 17.1 Å². The molecule has 1 aromatic heterocycles.